The van der Waals surface area contributed by atoms with Crippen LogP contribution in [0.3, 0.4) is 0 Å². The number of nitrogens with zero attached hydrogens (tertiary/aromatic N) is 2. The molecule has 1 aliphatic heterocycles. The molecule has 4 atom stereocenters. The molecule has 3 aliphatic carbocycles. The normalized spacial score (nSPS) is 33.2. The summed E-state index contributed by atoms with van der Waals surface area (Å²) in [6, 6.07) is 8.69. The lowest BCUT2D eigenvalue weighted by Gasteiger charge is -2.38. The van der Waals surface area contributed by atoms with E-state index in [2.05, 4.69) is 12.2 Å². The molecule has 0 unspecified atom stereocenters. The third-order valence-corrected chi connectivity index (χ3v) is 5.01. The second-order valence-corrected chi connectivity index (χ2v) is 6.01. The SMILES string of the molecule is N#Cc1ccc(N2C(=O)[C@@H]3[C@@H](C2=O)[C@@H]2C=C[C@@H]3CC2)cc1. The minimum absolute atomic E-state index is 0.0752. The predicted octanol–water partition coefficient (Wildman–Crippen LogP) is 2.26. The molecule has 0 aromatic heterocycles. The van der Waals surface area contributed by atoms with Crippen LogP contribution in [0.1, 0.15) is 18.4 Å². The summed E-state index contributed by atoms with van der Waals surface area (Å²) in [6.07, 6.45) is 6.23. The van der Waals surface area contributed by atoms with Gasteiger partial charge in [0.1, 0.15) is 0 Å². The highest BCUT2D eigenvalue weighted by Crippen LogP contribution is 2.50. The van der Waals surface area contributed by atoms with Crippen LogP contribution in [0, 0.1) is 35.0 Å². The number of hydrogen-bond acceptors (Lipinski definition) is 3. The molecular weight excluding hydrogens is 264 g/mol. The van der Waals surface area contributed by atoms with Crippen molar-refractivity contribution < 1.29 is 9.59 Å². The Bertz CT molecular complexity index is 666. The predicted molar refractivity (Wildman–Crippen MR) is 76.0 cm³/mol. The van der Waals surface area contributed by atoms with Crippen LogP contribution in [0.5, 0.6) is 0 Å². The maximum absolute atomic E-state index is 12.7. The van der Waals surface area contributed by atoms with Gasteiger partial charge in [0.25, 0.3) is 0 Å². The van der Waals surface area contributed by atoms with Gasteiger partial charge in [-0.05, 0) is 48.9 Å². The summed E-state index contributed by atoms with van der Waals surface area (Å²) in [5, 5.41) is 8.84. The topological polar surface area (TPSA) is 61.2 Å². The summed E-state index contributed by atoms with van der Waals surface area (Å²) in [6.45, 7) is 0. The number of rotatable bonds is 1. The van der Waals surface area contributed by atoms with Gasteiger partial charge < -0.3 is 0 Å². The zero-order chi connectivity index (χ0) is 14.6. The Labute approximate surface area is 122 Å². The van der Waals surface area contributed by atoms with E-state index in [1.807, 2.05) is 6.07 Å². The molecule has 0 radical (unpaired) electrons. The Morgan fingerprint density at radius 2 is 1.48 bits per heavy atom. The van der Waals surface area contributed by atoms with Crippen LogP contribution in [0.25, 0.3) is 0 Å². The molecular formula is C17H14N2O2. The molecule has 4 aliphatic rings. The molecule has 21 heavy (non-hydrogen) atoms. The Hall–Kier alpha value is -2.41. The lowest BCUT2D eigenvalue weighted by atomic mass is 9.63. The quantitative estimate of drug-likeness (QED) is 0.584. The summed E-state index contributed by atoms with van der Waals surface area (Å²) < 4.78 is 0. The van der Waals surface area contributed by atoms with E-state index in [1.54, 1.807) is 24.3 Å². The van der Waals surface area contributed by atoms with Crippen LogP contribution in [-0.4, -0.2) is 11.8 Å². The Morgan fingerprint density at radius 1 is 0.952 bits per heavy atom. The lowest BCUT2D eigenvalue weighted by molar-refractivity contribution is -0.124. The van der Waals surface area contributed by atoms with Crippen molar-refractivity contribution in [2.45, 2.75) is 12.8 Å². The van der Waals surface area contributed by atoms with E-state index in [1.165, 1.54) is 4.90 Å². The highest BCUT2D eigenvalue weighted by atomic mass is 16.2. The number of allylic oxidation sites excluding steroid dienone is 2. The van der Waals surface area contributed by atoms with Gasteiger partial charge in [-0.1, -0.05) is 12.2 Å². The number of fused-ring (bicyclic) bond motifs is 1. The highest BCUT2D eigenvalue weighted by Gasteiger charge is 2.56. The van der Waals surface area contributed by atoms with Crippen molar-refractivity contribution in [1.82, 2.24) is 0 Å². The standard InChI is InChI=1S/C17H14N2O2/c18-9-10-1-7-13(8-2-10)19-16(20)14-11-3-4-12(6-5-11)15(14)17(19)21/h1-4,7-8,11-12,14-15H,5-6H2/t11-,12-,14+,15+/m1/s1. The highest BCUT2D eigenvalue weighted by molar-refractivity contribution is 6.22. The second kappa shape index (κ2) is 4.29. The first-order chi connectivity index (χ1) is 10.2. The third-order valence-electron chi connectivity index (χ3n) is 5.01. The van der Waals surface area contributed by atoms with Gasteiger partial charge in [-0.3, -0.25) is 14.5 Å². The molecule has 2 bridgehead atoms. The Morgan fingerprint density at radius 3 is 1.90 bits per heavy atom. The first-order valence-electron chi connectivity index (χ1n) is 7.27. The molecule has 1 aromatic rings. The van der Waals surface area contributed by atoms with Gasteiger partial charge in [0.05, 0.1) is 29.2 Å². The minimum Gasteiger partial charge on any atom is -0.274 e. The molecule has 104 valence electrons. The Balaban J connectivity index is 1.73. The van der Waals surface area contributed by atoms with Crippen LogP contribution in [0.4, 0.5) is 5.69 Å². The van der Waals surface area contributed by atoms with Gasteiger partial charge in [0.15, 0.2) is 0 Å². The van der Waals surface area contributed by atoms with Crippen LogP contribution in [-0.2, 0) is 9.59 Å². The zero-order valence-corrected chi connectivity index (χ0v) is 11.4. The van der Waals surface area contributed by atoms with Gasteiger partial charge in [0.2, 0.25) is 11.8 Å². The molecule has 4 heteroatoms. The van der Waals surface area contributed by atoms with E-state index in [4.69, 9.17) is 5.26 Å². The van der Waals surface area contributed by atoms with Crippen LogP contribution < -0.4 is 4.90 Å². The molecule has 0 N–H and O–H groups in total. The average molecular weight is 278 g/mol. The number of anilines is 1. The van der Waals surface area contributed by atoms with Gasteiger partial charge in [-0.25, -0.2) is 0 Å². The summed E-state index contributed by atoms with van der Waals surface area (Å²) >= 11 is 0. The fraction of sp³-hybridized carbons (Fsp3) is 0.353. The zero-order valence-electron chi connectivity index (χ0n) is 11.4. The number of carbonyl (C=O) groups excluding carboxylic acids is 2. The lowest BCUT2D eigenvalue weighted by Crippen LogP contribution is -2.38. The summed E-state index contributed by atoms with van der Waals surface area (Å²) in [5.41, 5.74) is 1.11. The molecule has 2 amide bonds. The van der Waals surface area contributed by atoms with Gasteiger partial charge in [-0.15, -0.1) is 0 Å². The summed E-state index contributed by atoms with van der Waals surface area (Å²) in [7, 11) is 0. The smallest absolute Gasteiger partial charge is 0.238 e. The number of benzene rings is 1. The van der Waals surface area contributed by atoms with E-state index >= 15 is 0 Å². The average Bonchev–Trinajstić information content (AvgIpc) is 2.82. The van der Waals surface area contributed by atoms with Crippen LogP contribution in [0.2, 0.25) is 0 Å². The minimum atomic E-state index is -0.183. The molecule has 1 saturated carbocycles. The van der Waals surface area contributed by atoms with Crippen molar-refractivity contribution in [2.75, 3.05) is 4.90 Å². The fourth-order valence-corrected chi connectivity index (χ4v) is 4.01. The number of carbonyl (C=O) groups is 2. The van der Waals surface area contributed by atoms with E-state index < -0.39 is 0 Å². The van der Waals surface area contributed by atoms with Crippen LogP contribution >= 0.6 is 0 Å². The largest absolute Gasteiger partial charge is 0.274 e. The van der Waals surface area contributed by atoms with Crippen molar-refractivity contribution in [3.8, 4) is 6.07 Å². The maximum Gasteiger partial charge on any atom is 0.238 e. The van der Waals surface area contributed by atoms with Crippen molar-refractivity contribution >= 4 is 17.5 Å². The van der Waals surface area contributed by atoms with E-state index in [0.29, 0.717) is 11.3 Å². The molecule has 1 saturated heterocycles. The monoisotopic (exact) mass is 278 g/mol. The van der Waals surface area contributed by atoms with E-state index in [9.17, 15) is 9.59 Å². The second-order valence-electron chi connectivity index (χ2n) is 6.01. The first kappa shape index (κ1) is 12.3. The molecule has 0 spiro atoms. The first-order valence-corrected chi connectivity index (χ1v) is 7.27. The number of hydrogen-bond donors (Lipinski definition) is 0. The molecule has 4 nitrogen and oxygen atoms in total. The molecule has 2 fully saturated rings. The maximum atomic E-state index is 12.7. The molecule has 1 aromatic carbocycles. The van der Waals surface area contributed by atoms with Gasteiger partial charge in [-0.2, -0.15) is 5.26 Å². The van der Waals surface area contributed by atoms with E-state index in [-0.39, 0.29) is 35.5 Å². The number of nitriles is 1. The van der Waals surface area contributed by atoms with Crippen molar-refractivity contribution in [3.05, 3.63) is 42.0 Å². The number of imide groups is 1. The Kier molecular flexibility index (Phi) is 2.52. The number of amides is 2. The fourth-order valence-electron chi connectivity index (χ4n) is 4.01. The van der Waals surface area contributed by atoms with Gasteiger partial charge in [0, 0.05) is 0 Å². The summed E-state index contributed by atoms with van der Waals surface area (Å²) in [4.78, 5) is 26.7. The van der Waals surface area contributed by atoms with Gasteiger partial charge >= 0.3 is 0 Å². The van der Waals surface area contributed by atoms with Crippen molar-refractivity contribution in [2.24, 2.45) is 23.7 Å². The molecule has 1 heterocycles. The van der Waals surface area contributed by atoms with Crippen molar-refractivity contribution in [3.63, 3.8) is 0 Å². The van der Waals surface area contributed by atoms with Crippen molar-refractivity contribution in [1.29, 1.82) is 5.26 Å². The summed E-state index contributed by atoms with van der Waals surface area (Å²) in [5.74, 6) is -0.101. The third kappa shape index (κ3) is 1.61. The molecule has 5 rings (SSSR count). The van der Waals surface area contributed by atoms with E-state index in [0.717, 1.165) is 12.8 Å². The van der Waals surface area contributed by atoms with Crippen LogP contribution in [0.15, 0.2) is 36.4 Å².